The number of carbonyl (C=O) groups excluding carboxylic acids is 2. The van der Waals surface area contributed by atoms with Crippen molar-refractivity contribution < 1.29 is 22.7 Å². The first-order valence-electron chi connectivity index (χ1n) is 6.29. The Kier molecular flexibility index (Phi) is 5.25. The molecule has 0 saturated carbocycles. The molecular formula is C14H19NO5S. The molecule has 0 spiro atoms. The Labute approximate surface area is 124 Å². The zero-order valence-corrected chi connectivity index (χ0v) is 13.2. The smallest absolute Gasteiger partial charge is 0.332 e. The van der Waals surface area contributed by atoms with Gasteiger partial charge in [-0.3, -0.25) is 4.79 Å². The summed E-state index contributed by atoms with van der Waals surface area (Å²) >= 11 is 0. The highest BCUT2D eigenvalue weighted by atomic mass is 32.2. The lowest BCUT2D eigenvalue weighted by molar-refractivity contribution is -0.155. The van der Waals surface area contributed by atoms with Crippen molar-refractivity contribution in [2.75, 3.05) is 6.26 Å². The van der Waals surface area contributed by atoms with Crippen LogP contribution in [-0.2, 0) is 19.6 Å². The van der Waals surface area contributed by atoms with E-state index in [-0.39, 0.29) is 5.56 Å². The molecule has 6 nitrogen and oxygen atoms in total. The van der Waals surface area contributed by atoms with E-state index in [4.69, 9.17) is 4.74 Å². The summed E-state index contributed by atoms with van der Waals surface area (Å²) in [5, 5.41) is 0. The van der Waals surface area contributed by atoms with Gasteiger partial charge in [0.05, 0.1) is 6.26 Å². The van der Waals surface area contributed by atoms with Gasteiger partial charge in [0.25, 0.3) is 0 Å². The SMILES string of the molecule is CC(C)(C)OC(=O)C(NS(C)(=O)=O)C(=O)c1ccccc1. The van der Waals surface area contributed by atoms with E-state index in [9.17, 15) is 18.0 Å². The first-order chi connectivity index (χ1) is 9.49. The van der Waals surface area contributed by atoms with E-state index in [1.54, 1.807) is 39.0 Å². The van der Waals surface area contributed by atoms with E-state index in [0.717, 1.165) is 6.26 Å². The number of nitrogens with one attached hydrogen (secondary N) is 1. The number of carbonyl (C=O) groups is 2. The average molecular weight is 313 g/mol. The number of ether oxygens (including phenoxy) is 1. The Balaban J connectivity index is 3.08. The van der Waals surface area contributed by atoms with E-state index in [1.807, 2.05) is 4.72 Å². The fraction of sp³-hybridized carbons (Fsp3) is 0.429. The Morgan fingerprint density at radius 2 is 1.67 bits per heavy atom. The van der Waals surface area contributed by atoms with Gasteiger partial charge in [-0.05, 0) is 20.8 Å². The molecular weight excluding hydrogens is 294 g/mol. The Hall–Kier alpha value is -1.73. The molecule has 1 atom stereocenters. The minimum absolute atomic E-state index is 0.226. The second-order valence-electron chi connectivity index (χ2n) is 5.59. The molecule has 1 aromatic carbocycles. The number of sulfonamides is 1. The number of rotatable bonds is 5. The number of esters is 1. The van der Waals surface area contributed by atoms with Crippen LogP contribution in [0.4, 0.5) is 0 Å². The van der Waals surface area contributed by atoms with Gasteiger partial charge >= 0.3 is 5.97 Å². The summed E-state index contributed by atoms with van der Waals surface area (Å²) in [5.41, 5.74) is -0.601. The highest BCUT2D eigenvalue weighted by Gasteiger charge is 2.34. The molecule has 1 rings (SSSR count). The van der Waals surface area contributed by atoms with Crippen LogP contribution in [0.3, 0.4) is 0 Å². The summed E-state index contributed by atoms with van der Waals surface area (Å²) in [6, 6.07) is 6.37. The van der Waals surface area contributed by atoms with Crippen molar-refractivity contribution in [3.8, 4) is 0 Å². The van der Waals surface area contributed by atoms with Gasteiger partial charge < -0.3 is 4.74 Å². The summed E-state index contributed by atoms with van der Waals surface area (Å²) < 4.78 is 29.9. The zero-order valence-electron chi connectivity index (χ0n) is 12.4. The van der Waals surface area contributed by atoms with Gasteiger partial charge in [-0.15, -0.1) is 0 Å². The van der Waals surface area contributed by atoms with Crippen LogP contribution in [-0.4, -0.2) is 38.1 Å². The molecule has 0 aliphatic rings. The molecule has 0 aliphatic carbocycles. The van der Waals surface area contributed by atoms with Gasteiger partial charge in [0.15, 0.2) is 11.8 Å². The maximum Gasteiger partial charge on any atom is 0.332 e. The molecule has 0 amide bonds. The number of hydrogen-bond donors (Lipinski definition) is 1. The first-order valence-corrected chi connectivity index (χ1v) is 8.18. The van der Waals surface area contributed by atoms with Crippen LogP contribution < -0.4 is 4.72 Å². The molecule has 0 bridgehead atoms. The normalized spacial score (nSPS) is 13.5. The van der Waals surface area contributed by atoms with Crippen LogP contribution in [0.25, 0.3) is 0 Å². The lowest BCUT2D eigenvalue weighted by atomic mass is 10.0. The lowest BCUT2D eigenvalue weighted by Crippen LogP contribution is -2.48. The third-order valence-corrected chi connectivity index (χ3v) is 2.96. The lowest BCUT2D eigenvalue weighted by Gasteiger charge is -2.23. The number of benzene rings is 1. The molecule has 0 aliphatic heterocycles. The van der Waals surface area contributed by atoms with Crippen LogP contribution >= 0.6 is 0 Å². The van der Waals surface area contributed by atoms with Crippen molar-refractivity contribution in [2.45, 2.75) is 32.4 Å². The highest BCUT2D eigenvalue weighted by Crippen LogP contribution is 2.12. The molecule has 116 valence electrons. The predicted molar refractivity (Wildman–Crippen MR) is 78.4 cm³/mol. The van der Waals surface area contributed by atoms with Crippen LogP contribution in [0.1, 0.15) is 31.1 Å². The van der Waals surface area contributed by atoms with Crippen LogP contribution in [0.5, 0.6) is 0 Å². The van der Waals surface area contributed by atoms with Crippen molar-refractivity contribution in [2.24, 2.45) is 0 Å². The second kappa shape index (κ2) is 6.36. The van der Waals surface area contributed by atoms with Gasteiger partial charge in [-0.25, -0.2) is 13.2 Å². The fourth-order valence-corrected chi connectivity index (χ4v) is 2.18. The maximum atomic E-state index is 12.3. The Bertz CT molecular complexity index is 617. The number of Topliss-reactive ketones (excluding diaryl/α,β-unsaturated/α-hetero) is 1. The standard InChI is InChI=1S/C14H19NO5S/c1-14(2,3)20-13(17)11(15-21(4,18)19)12(16)10-8-6-5-7-9-10/h5-9,11,15H,1-4H3. The minimum atomic E-state index is -3.75. The maximum absolute atomic E-state index is 12.3. The minimum Gasteiger partial charge on any atom is -0.458 e. The fourth-order valence-electron chi connectivity index (χ4n) is 1.55. The summed E-state index contributed by atoms with van der Waals surface area (Å²) in [7, 11) is -3.75. The zero-order chi connectivity index (χ0) is 16.3. The summed E-state index contributed by atoms with van der Waals surface area (Å²) in [4.78, 5) is 24.4. The molecule has 0 heterocycles. The van der Waals surface area contributed by atoms with Gasteiger partial charge in [0, 0.05) is 5.56 Å². The highest BCUT2D eigenvalue weighted by molar-refractivity contribution is 7.88. The van der Waals surface area contributed by atoms with E-state index in [2.05, 4.69) is 0 Å². The van der Waals surface area contributed by atoms with Crippen LogP contribution in [0.2, 0.25) is 0 Å². The number of ketones is 1. The van der Waals surface area contributed by atoms with Gasteiger partial charge in [0.2, 0.25) is 10.0 Å². The molecule has 0 radical (unpaired) electrons. The van der Waals surface area contributed by atoms with Crippen LogP contribution in [0, 0.1) is 0 Å². The average Bonchev–Trinajstić information content (AvgIpc) is 2.33. The largest absolute Gasteiger partial charge is 0.458 e. The van der Waals surface area contributed by atoms with Crippen molar-refractivity contribution >= 4 is 21.8 Å². The third kappa shape index (κ3) is 6.05. The Morgan fingerprint density at radius 3 is 2.10 bits per heavy atom. The molecule has 1 N–H and O–H groups in total. The van der Waals surface area contributed by atoms with E-state index >= 15 is 0 Å². The van der Waals surface area contributed by atoms with Crippen molar-refractivity contribution in [1.29, 1.82) is 0 Å². The van der Waals surface area contributed by atoms with Crippen LogP contribution in [0.15, 0.2) is 30.3 Å². The van der Waals surface area contributed by atoms with Gasteiger partial charge in [0.1, 0.15) is 5.60 Å². The summed E-state index contributed by atoms with van der Waals surface area (Å²) in [6.45, 7) is 4.90. The molecule has 0 aromatic heterocycles. The number of hydrogen-bond acceptors (Lipinski definition) is 5. The van der Waals surface area contributed by atoms with Gasteiger partial charge in [-0.1, -0.05) is 30.3 Å². The second-order valence-corrected chi connectivity index (χ2v) is 7.37. The quantitative estimate of drug-likeness (QED) is 0.500. The topological polar surface area (TPSA) is 89.5 Å². The molecule has 21 heavy (non-hydrogen) atoms. The molecule has 1 aromatic rings. The third-order valence-electron chi connectivity index (χ3n) is 2.29. The molecule has 0 saturated heterocycles. The molecule has 0 fully saturated rings. The summed E-state index contributed by atoms with van der Waals surface area (Å²) in [6.07, 6.45) is 0.878. The molecule has 7 heteroatoms. The van der Waals surface area contributed by atoms with Crippen molar-refractivity contribution in [1.82, 2.24) is 4.72 Å². The summed E-state index contributed by atoms with van der Waals surface area (Å²) in [5.74, 6) is -1.59. The van der Waals surface area contributed by atoms with Crippen molar-refractivity contribution in [3.05, 3.63) is 35.9 Å². The molecule has 1 unspecified atom stereocenters. The van der Waals surface area contributed by atoms with E-state index in [0.29, 0.717) is 0 Å². The van der Waals surface area contributed by atoms with Crippen molar-refractivity contribution in [3.63, 3.8) is 0 Å². The monoisotopic (exact) mass is 313 g/mol. The van der Waals surface area contributed by atoms with E-state index < -0.39 is 33.4 Å². The first kappa shape index (κ1) is 17.3. The van der Waals surface area contributed by atoms with Gasteiger partial charge in [-0.2, -0.15) is 4.72 Å². The Morgan fingerprint density at radius 1 is 1.14 bits per heavy atom. The van der Waals surface area contributed by atoms with E-state index in [1.165, 1.54) is 12.1 Å². The predicted octanol–water partition coefficient (Wildman–Crippen LogP) is 1.13.